The number of benzene rings is 4. The molecule has 2 bridgehead atoms. The molecule has 6 atom stereocenters. The lowest BCUT2D eigenvalue weighted by Gasteiger charge is -2.55. The zero-order valence-electron chi connectivity index (χ0n) is 38.8. The van der Waals surface area contributed by atoms with Gasteiger partial charge in [0.15, 0.2) is 25.3 Å². The van der Waals surface area contributed by atoms with Crippen molar-refractivity contribution in [2.24, 2.45) is 0 Å². The number of fused-ring (bicyclic) bond motifs is 2. The highest BCUT2D eigenvalue weighted by molar-refractivity contribution is 6.99. The first kappa shape index (κ1) is 47.0. The molecule has 0 unspecified atom stereocenters. The van der Waals surface area contributed by atoms with E-state index in [9.17, 15) is 5.11 Å². The van der Waals surface area contributed by atoms with Gasteiger partial charge in [-0.3, -0.25) is 0 Å². The smallest absolute Gasteiger partial charge is 0.261 e. The van der Waals surface area contributed by atoms with Crippen LogP contribution in [0.2, 0.25) is 23.2 Å². The van der Waals surface area contributed by atoms with Crippen LogP contribution < -0.4 is 10.4 Å². The summed E-state index contributed by atoms with van der Waals surface area (Å²) in [6.07, 6.45) is -0.0527. The number of rotatable bonds is 18. The van der Waals surface area contributed by atoms with Crippen LogP contribution in [-0.4, -0.2) is 64.7 Å². The highest BCUT2D eigenvalue weighted by Gasteiger charge is 2.80. The molecule has 7 rings (SSSR count). The van der Waals surface area contributed by atoms with Crippen LogP contribution in [0.25, 0.3) is 0 Å². The van der Waals surface area contributed by atoms with E-state index in [4.69, 9.17) is 32.2 Å². The summed E-state index contributed by atoms with van der Waals surface area (Å²) in [5.41, 5.74) is -1.78. The van der Waals surface area contributed by atoms with Gasteiger partial charge in [0.1, 0.15) is 29.8 Å². The summed E-state index contributed by atoms with van der Waals surface area (Å²) in [6.45, 7) is 24.2. The maximum Gasteiger partial charge on any atom is 0.261 e. The van der Waals surface area contributed by atoms with Crippen molar-refractivity contribution in [3.63, 3.8) is 0 Å². The maximum absolute atomic E-state index is 14.4. The fourth-order valence-corrected chi connectivity index (χ4v) is 14.8. The van der Waals surface area contributed by atoms with E-state index in [0.29, 0.717) is 18.6 Å². The minimum absolute atomic E-state index is 0.0592. The Labute approximate surface area is 377 Å². The summed E-state index contributed by atoms with van der Waals surface area (Å²) in [6, 6.07) is 44.9. The lowest BCUT2D eigenvalue weighted by atomic mass is 9.73. The van der Waals surface area contributed by atoms with Gasteiger partial charge in [-0.1, -0.05) is 169 Å². The third-order valence-electron chi connectivity index (χ3n) is 13.7. The van der Waals surface area contributed by atoms with Crippen molar-refractivity contribution in [3.05, 3.63) is 169 Å². The highest BCUT2D eigenvalue weighted by atomic mass is 28.4. The molecule has 63 heavy (non-hydrogen) atoms. The normalized spacial score (nSPS) is 25.3. The zero-order valence-corrected chi connectivity index (χ0v) is 40.8. The van der Waals surface area contributed by atoms with Crippen LogP contribution in [0.3, 0.4) is 0 Å². The largest absolute Gasteiger partial charge is 0.463 e. The fraction of sp³-hybridized carbons (Fsp3) is 0.434. The summed E-state index contributed by atoms with van der Waals surface area (Å²) < 4.78 is 51.1. The van der Waals surface area contributed by atoms with Gasteiger partial charge >= 0.3 is 0 Å². The molecule has 3 heterocycles. The van der Waals surface area contributed by atoms with E-state index in [1.54, 1.807) is 0 Å². The Morgan fingerprint density at radius 1 is 0.683 bits per heavy atom. The Morgan fingerprint density at radius 3 is 1.65 bits per heavy atom. The van der Waals surface area contributed by atoms with Crippen LogP contribution in [0.1, 0.15) is 77.0 Å². The Bertz CT molecular complexity index is 2200. The molecule has 5 aromatic rings. The first-order chi connectivity index (χ1) is 29.9. The molecular formula is C53H68O8Si2. The molecule has 10 heteroatoms. The monoisotopic (exact) mass is 888 g/mol. The van der Waals surface area contributed by atoms with Gasteiger partial charge in [-0.15, -0.1) is 6.58 Å². The van der Waals surface area contributed by atoms with Gasteiger partial charge in [0, 0.05) is 6.42 Å². The van der Waals surface area contributed by atoms with Crippen LogP contribution in [0.5, 0.6) is 0 Å². The number of aliphatic hydroxyl groups is 1. The molecule has 1 aromatic heterocycles. The van der Waals surface area contributed by atoms with E-state index in [1.165, 1.54) is 0 Å². The van der Waals surface area contributed by atoms with E-state index in [0.717, 1.165) is 21.5 Å². The SMILES string of the molecule is C=CCC[C@]12O[C@H](CO[Si](C)(C)C(C)(C)C)[C@@](O)(c3ccc(C)o3)[C@](CO[Si](c3ccccc3)(c3ccccc3)C(C)(C)C)(O1)[C@H](OCc1ccccc1)[C@H]2OCc1ccccc1. The summed E-state index contributed by atoms with van der Waals surface area (Å²) in [7, 11) is -5.71. The van der Waals surface area contributed by atoms with Gasteiger partial charge in [0.25, 0.3) is 8.32 Å². The number of ether oxygens (including phenoxy) is 4. The Morgan fingerprint density at radius 2 is 1.19 bits per heavy atom. The quantitative estimate of drug-likeness (QED) is 0.0688. The van der Waals surface area contributed by atoms with Crippen molar-refractivity contribution in [3.8, 4) is 0 Å². The third kappa shape index (κ3) is 8.91. The van der Waals surface area contributed by atoms with Crippen LogP contribution >= 0.6 is 0 Å². The Balaban J connectivity index is 1.50. The molecule has 8 nitrogen and oxygen atoms in total. The Kier molecular flexibility index (Phi) is 13.8. The molecule has 0 radical (unpaired) electrons. The predicted octanol–water partition coefficient (Wildman–Crippen LogP) is 10.4. The standard InChI is InChI=1S/C53H68O8Si2/c1-11-12-35-52-48(56-37-42-27-19-14-20-28-42)47(55-36-41-25-17-13-18-26-41)51(61-52,39-58-63(50(6,7)8,43-29-21-15-22-30-43)44-31-23-16-24-32-44)53(54,45-34-33-40(2)59-45)46(60-52)38-57-62(9,10)49(3,4)5/h11,13-34,46-48,54H,1,12,35-39H2,2-10H3/t46-,47-,48-,51-,52+,53+/m1/s1. The van der Waals surface area contributed by atoms with Crippen LogP contribution in [0.15, 0.2) is 151 Å². The second-order valence-electron chi connectivity index (χ2n) is 19.9. The molecule has 0 spiro atoms. The lowest BCUT2D eigenvalue weighted by Crippen LogP contribution is -2.74. The molecule has 0 amide bonds. The average molecular weight is 889 g/mol. The van der Waals surface area contributed by atoms with E-state index < -0.39 is 57.0 Å². The first-order valence-corrected chi connectivity index (χ1v) is 27.2. The first-order valence-electron chi connectivity index (χ1n) is 22.4. The van der Waals surface area contributed by atoms with E-state index in [1.807, 2.05) is 97.9 Å². The molecule has 4 aromatic carbocycles. The van der Waals surface area contributed by atoms with E-state index in [2.05, 4.69) is 110 Å². The number of hydrogen-bond acceptors (Lipinski definition) is 8. The van der Waals surface area contributed by atoms with Crippen molar-refractivity contribution in [2.45, 2.75) is 133 Å². The minimum atomic E-state index is -3.29. The lowest BCUT2D eigenvalue weighted by molar-refractivity contribution is -0.409. The molecule has 1 N–H and O–H groups in total. The fourth-order valence-electron chi connectivity index (χ4n) is 9.26. The average Bonchev–Trinajstić information content (AvgIpc) is 3.81. The molecule has 336 valence electrons. The van der Waals surface area contributed by atoms with Crippen LogP contribution in [-0.2, 0) is 46.6 Å². The molecule has 2 saturated heterocycles. The highest BCUT2D eigenvalue weighted by Crippen LogP contribution is 2.61. The van der Waals surface area contributed by atoms with Crippen molar-refractivity contribution in [1.29, 1.82) is 0 Å². The summed E-state index contributed by atoms with van der Waals surface area (Å²) in [5, 5.41) is 16.0. The zero-order chi connectivity index (χ0) is 45.2. The number of allylic oxidation sites excluding steroid dienone is 1. The number of hydrogen-bond donors (Lipinski definition) is 1. The van der Waals surface area contributed by atoms with Crippen molar-refractivity contribution < 1.29 is 37.3 Å². The molecule has 2 aliphatic heterocycles. The Hall–Kier alpha value is -3.95. The maximum atomic E-state index is 14.4. The van der Waals surface area contributed by atoms with E-state index >= 15 is 0 Å². The molecule has 0 aliphatic carbocycles. The molecular weight excluding hydrogens is 821 g/mol. The van der Waals surface area contributed by atoms with Gasteiger partial charge in [-0.25, -0.2) is 0 Å². The van der Waals surface area contributed by atoms with Crippen LogP contribution in [0.4, 0.5) is 0 Å². The van der Waals surface area contributed by atoms with Crippen LogP contribution in [0, 0.1) is 6.92 Å². The molecule has 2 aliphatic rings. The number of furan rings is 1. The van der Waals surface area contributed by atoms with Crippen molar-refractivity contribution >= 4 is 27.0 Å². The van der Waals surface area contributed by atoms with Gasteiger partial charge < -0.3 is 37.3 Å². The minimum Gasteiger partial charge on any atom is -0.463 e. The van der Waals surface area contributed by atoms with Crippen molar-refractivity contribution in [2.75, 3.05) is 13.2 Å². The van der Waals surface area contributed by atoms with E-state index in [-0.39, 0.29) is 37.2 Å². The van der Waals surface area contributed by atoms with Gasteiger partial charge in [0.05, 0.1) is 26.4 Å². The molecule has 0 saturated carbocycles. The number of aryl methyl sites for hydroxylation is 1. The third-order valence-corrected chi connectivity index (χ3v) is 23.1. The second kappa shape index (κ2) is 18.5. The molecule has 2 fully saturated rings. The topological polar surface area (TPSA) is 88.8 Å². The summed E-state index contributed by atoms with van der Waals surface area (Å²) in [5.74, 6) is -0.524. The van der Waals surface area contributed by atoms with Gasteiger partial charge in [-0.2, -0.15) is 0 Å². The van der Waals surface area contributed by atoms with Gasteiger partial charge in [-0.05, 0) is 70.1 Å². The van der Waals surface area contributed by atoms with Gasteiger partial charge in [0.2, 0.25) is 0 Å². The predicted molar refractivity (Wildman–Crippen MR) is 255 cm³/mol. The summed E-state index contributed by atoms with van der Waals surface area (Å²) >= 11 is 0. The van der Waals surface area contributed by atoms with Crippen molar-refractivity contribution in [1.82, 2.24) is 0 Å². The second-order valence-corrected chi connectivity index (χ2v) is 29.0. The summed E-state index contributed by atoms with van der Waals surface area (Å²) in [4.78, 5) is 0.